The van der Waals surface area contributed by atoms with Gasteiger partial charge in [-0.2, -0.15) is 0 Å². The van der Waals surface area contributed by atoms with E-state index in [1.54, 1.807) is 0 Å². The fourth-order valence-corrected chi connectivity index (χ4v) is 8.81. The molecule has 0 fully saturated rings. The molecule has 0 aliphatic carbocycles. The molecule has 0 amide bonds. The Morgan fingerprint density at radius 3 is 0.846 bits per heavy atom. The quantitative estimate of drug-likeness (QED) is 0.0261. The molecule has 0 aromatic carbocycles. The molecule has 0 radical (unpaired) electrons. The molecular weight excluding hydrogens is 961 g/mol. The van der Waals surface area contributed by atoms with Crippen LogP contribution in [0.1, 0.15) is 297 Å². The van der Waals surface area contributed by atoms with Crippen LogP contribution in [0.2, 0.25) is 0 Å². The number of ether oxygens (including phenoxy) is 3. The molecule has 1 unspecified atom stereocenters. The van der Waals surface area contributed by atoms with Crippen LogP contribution in [0, 0.1) is 0 Å². The first-order valence-corrected chi connectivity index (χ1v) is 32.5. The van der Waals surface area contributed by atoms with Crippen LogP contribution in [-0.2, 0) is 28.6 Å². The fourth-order valence-electron chi connectivity index (χ4n) is 8.81. The van der Waals surface area contributed by atoms with Gasteiger partial charge in [-0.1, -0.05) is 271 Å². The van der Waals surface area contributed by atoms with E-state index in [9.17, 15) is 14.4 Å². The van der Waals surface area contributed by atoms with Crippen LogP contribution < -0.4 is 0 Å². The van der Waals surface area contributed by atoms with Crippen LogP contribution >= 0.6 is 0 Å². The summed E-state index contributed by atoms with van der Waals surface area (Å²) in [5, 5.41) is 0. The van der Waals surface area contributed by atoms with Crippen molar-refractivity contribution in [2.24, 2.45) is 0 Å². The Morgan fingerprint density at radius 2 is 0.513 bits per heavy atom. The van der Waals surface area contributed by atoms with Gasteiger partial charge in [0.05, 0.1) is 0 Å². The molecule has 0 aliphatic rings. The van der Waals surface area contributed by atoms with Gasteiger partial charge in [-0.05, 0) is 128 Å². The first kappa shape index (κ1) is 73.8. The van der Waals surface area contributed by atoms with E-state index < -0.39 is 6.10 Å². The van der Waals surface area contributed by atoms with Gasteiger partial charge in [0.1, 0.15) is 13.2 Å². The minimum absolute atomic E-state index is 0.103. The lowest BCUT2D eigenvalue weighted by molar-refractivity contribution is -0.167. The third kappa shape index (κ3) is 62.7. The molecule has 0 aromatic heterocycles. The van der Waals surface area contributed by atoms with Crippen LogP contribution in [0.3, 0.4) is 0 Å². The van der Waals surface area contributed by atoms with Crippen molar-refractivity contribution in [3.63, 3.8) is 0 Å². The maximum Gasteiger partial charge on any atom is 0.306 e. The van der Waals surface area contributed by atoms with E-state index in [1.807, 2.05) is 0 Å². The number of carbonyl (C=O) groups is 3. The molecule has 0 heterocycles. The van der Waals surface area contributed by atoms with Crippen molar-refractivity contribution in [3.05, 3.63) is 122 Å². The molecule has 0 rings (SSSR count). The van der Waals surface area contributed by atoms with Crippen LogP contribution in [-0.4, -0.2) is 37.2 Å². The Labute approximate surface area is 482 Å². The van der Waals surface area contributed by atoms with Crippen molar-refractivity contribution in [1.29, 1.82) is 0 Å². The van der Waals surface area contributed by atoms with E-state index >= 15 is 0 Å². The predicted octanol–water partition coefficient (Wildman–Crippen LogP) is 22.4. The van der Waals surface area contributed by atoms with E-state index in [0.29, 0.717) is 19.3 Å². The van der Waals surface area contributed by atoms with Crippen molar-refractivity contribution in [2.45, 2.75) is 303 Å². The van der Waals surface area contributed by atoms with E-state index in [1.165, 1.54) is 148 Å². The summed E-state index contributed by atoms with van der Waals surface area (Å²) < 4.78 is 16.9. The Hall–Kier alpha value is -4.19. The fraction of sp³-hybridized carbons (Fsp3) is 0.681. The second kappa shape index (κ2) is 65.3. The highest BCUT2D eigenvalue weighted by Crippen LogP contribution is 2.15. The second-order valence-electron chi connectivity index (χ2n) is 21.3. The van der Waals surface area contributed by atoms with E-state index in [4.69, 9.17) is 14.2 Å². The summed E-state index contributed by atoms with van der Waals surface area (Å²) in [6, 6.07) is 0. The Balaban J connectivity index is 4.44. The summed E-state index contributed by atoms with van der Waals surface area (Å²) in [7, 11) is 0. The monoisotopic (exact) mass is 1080 g/mol. The van der Waals surface area contributed by atoms with Gasteiger partial charge in [0.2, 0.25) is 0 Å². The molecule has 0 bridgehead atoms. The molecule has 0 saturated heterocycles. The maximum absolute atomic E-state index is 12.9. The lowest BCUT2D eigenvalue weighted by atomic mass is 10.1. The normalized spacial score (nSPS) is 12.9. The van der Waals surface area contributed by atoms with Crippen LogP contribution in [0.15, 0.2) is 122 Å². The number of carbonyl (C=O) groups excluding carboxylic acids is 3. The topological polar surface area (TPSA) is 78.9 Å². The third-order valence-electron chi connectivity index (χ3n) is 13.7. The number of hydrogen-bond acceptors (Lipinski definition) is 6. The zero-order valence-corrected chi connectivity index (χ0v) is 50.9. The smallest absolute Gasteiger partial charge is 0.306 e. The summed E-state index contributed by atoms with van der Waals surface area (Å²) in [4.78, 5) is 38.3. The van der Waals surface area contributed by atoms with Crippen molar-refractivity contribution < 1.29 is 28.6 Å². The average Bonchev–Trinajstić information content (AvgIpc) is 3.44. The van der Waals surface area contributed by atoms with Gasteiger partial charge in [0.25, 0.3) is 0 Å². The van der Waals surface area contributed by atoms with Gasteiger partial charge in [-0.3, -0.25) is 14.4 Å². The summed E-state index contributed by atoms with van der Waals surface area (Å²) >= 11 is 0. The Bertz CT molecular complexity index is 1620. The van der Waals surface area contributed by atoms with E-state index in [2.05, 4.69) is 142 Å². The largest absolute Gasteiger partial charge is 0.462 e. The first-order chi connectivity index (χ1) is 38.5. The lowest BCUT2D eigenvalue weighted by Crippen LogP contribution is -2.30. The summed E-state index contributed by atoms with van der Waals surface area (Å²) in [6.45, 7) is 6.46. The molecule has 78 heavy (non-hydrogen) atoms. The summed E-state index contributed by atoms with van der Waals surface area (Å²) in [6.07, 6.45) is 90.6. The number of esters is 3. The molecule has 0 aromatic rings. The Kier molecular flexibility index (Phi) is 61.8. The lowest BCUT2D eigenvalue weighted by Gasteiger charge is -2.18. The van der Waals surface area contributed by atoms with Gasteiger partial charge in [-0.15, -0.1) is 0 Å². The average molecular weight is 1080 g/mol. The predicted molar refractivity (Wildman–Crippen MR) is 339 cm³/mol. The van der Waals surface area contributed by atoms with Gasteiger partial charge >= 0.3 is 17.9 Å². The molecule has 0 N–H and O–H groups in total. The summed E-state index contributed by atoms with van der Waals surface area (Å²) in [5.41, 5.74) is 0. The van der Waals surface area contributed by atoms with Crippen molar-refractivity contribution >= 4 is 17.9 Å². The van der Waals surface area contributed by atoms with E-state index in [0.717, 1.165) is 103 Å². The van der Waals surface area contributed by atoms with Gasteiger partial charge in [-0.25, -0.2) is 0 Å². The van der Waals surface area contributed by atoms with Gasteiger partial charge < -0.3 is 14.2 Å². The van der Waals surface area contributed by atoms with Crippen LogP contribution in [0.5, 0.6) is 0 Å². The molecule has 6 nitrogen and oxygen atoms in total. The minimum Gasteiger partial charge on any atom is -0.462 e. The minimum atomic E-state index is -0.812. The van der Waals surface area contributed by atoms with E-state index in [-0.39, 0.29) is 37.5 Å². The van der Waals surface area contributed by atoms with Crippen molar-refractivity contribution in [3.8, 4) is 0 Å². The number of hydrogen-bond donors (Lipinski definition) is 0. The SMILES string of the molecule is CC/C=C\C/C=C\C/C=C\C/C=C\C/C=C\CCCC(=O)OCC(COC(=O)CCCCCCCCCCCC/C=C\C/C=C\C/C=C\CCCCCCC)OC(=O)CCCCCCCCC/C=C\C/C=C\CCCCCC. The standard InChI is InChI=1S/C72H120O6/c1-4-7-10-13-16-19-22-25-28-31-33-34-35-36-37-38-39-42-44-47-50-53-56-59-62-65-71(74)77-68-69(67-76-70(73)64-61-58-55-52-49-46-43-40-30-27-24-21-18-15-12-9-6-3)78-72(75)66-63-60-57-54-51-48-45-41-32-29-26-23-20-17-14-11-8-5-2/h9,12,18,20-23,25,27,29-33,35-36,43,46,52,55,69H,4-8,10-11,13-17,19,24,26,28,34,37-42,44-45,47-51,53-54,56-68H2,1-3H3/b12-9-,21-18-,23-20-,25-22-,30-27-,32-29-,33-31-,36-35-,46-43-,55-52-. The van der Waals surface area contributed by atoms with Crippen LogP contribution in [0.25, 0.3) is 0 Å². The molecule has 0 saturated carbocycles. The van der Waals surface area contributed by atoms with Crippen molar-refractivity contribution in [2.75, 3.05) is 13.2 Å². The molecule has 0 aliphatic heterocycles. The number of unbranched alkanes of at least 4 members (excludes halogenated alkanes) is 27. The zero-order chi connectivity index (χ0) is 56.4. The number of rotatable bonds is 58. The zero-order valence-electron chi connectivity index (χ0n) is 50.9. The van der Waals surface area contributed by atoms with Gasteiger partial charge in [0.15, 0.2) is 6.10 Å². The maximum atomic E-state index is 12.9. The van der Waals surface area contributed by atoms with Crippen molar-refractivity contribution in [1.82, 2.24) is 0 Å². The molecular formula is C72H120O6. The highest BCUT2D eigenvalue weighted by molar-refractivity contribution is 5.71. The van der Waals surface area contributed by atoms with Gasteiger partial charge in [0, 0.05) is 19.3 Å². The highest BCUT2D eigenvalue weighted by atomic mass is 16.6. The molecule has 1 atom stereocenters. The highest BCUT2D eigenvalue weighted by Gasteiger charge is 2.19. The van der Waals surface area contributed by atoms with Crippen LogP contribution in [0.4, 0.5) is 0 Å². The first-order valence-electron chi connectivity index (χ1n) is 32.5. The third-order valence-corrected chi connectivity index (χ3v) is 13.7. The molecule has 6 heteroatoms. The summed E-state index contributed by atoms with van der Waals surface area (Å²) in [5.74, 6) is -0.971. The Morgan fingerprint density at radius 1 is 0.269 bits per heavy atom. The molecule has 0 spiro atoms. The second-order valence-corrected chi connectivity index (χ2v) is 21.3. The molecule has 444 valence electrons. The number of allylic oxidation sites excluding steroid dienone is 20.